The molecule has 0 saturated carbocycles. The third-order valence-electron chi connectivity index (χ3n) is 4.86. The standard InChI is InChI=1S/C25H25N3O4/c1-17-8-6-12-22(18(17)2)27-24(29)16-32-23-13-5-4-9-20(23)15-26-28-25(30)19-10-7-11-21(14-19)31-3/h4-15H,16H2,1-3H3,(H,27,29)(H,28,30)/b26-15+. The maximum atomic E-state index is 12.3. The highest BCUT2D eigenvalue weighted by Gasteiger charge is 2.09. The quantitative estimate of drug-likeness (QED) is 0.415. The molecule has 3 aromatic carbocycles. The lowest BCUT2D eigenvalue weighted by Crippen LogP contribution is -2.21. The van der Waals surface area contributed by atoms with Gasteiger partial charge in [-0.15, -0.1) is 0 Å². The lowest BCUT2D eigenvalue weighted by atomic mass is 10.1. The van der Waals surface area contributed by atoms with Crippen LogP contribution in [0.4, 0.5) is 5.69 Å². The number of carbonyl (C=O) groups is 2. The Balaban J connectivity index is 1.59. The summed E-state index contributed by atoms with van der Waals surface area (Å²) in [5.74, 6) is 0.422. The number of para-hydroxylation sites is 1. The minimum absolute atomic E-state index is 0.158. The normalized spacial score (nSPS) is 10.6. The summed E-state index contributed by atoms with van der Waals surface area (Å²) in [5.41, 5.74) is 6.39. The van der Waals surface area contributed by atoms with Crippen molar-refractivity contribution in [1.29, 1.82) is 0 Å². The molecule has 0 aliphatic rings. The maximum Gasteiger partial charge on any atom is 0.271 e. The molecule has 0 aromatic heterocycles. The van der Waals surface area contributed by atoms with Gasteiger partial charge in [0.15, 0.2) is 6.61 Å². The number of amides is 2. The van der Waals surface area contributed by atoms with E-state index >= 15 is 0 Å². The van der Waals surface area contributed by atoms with Gasteiger partial charge in [-0.3, -0.25) is 9.59 Å². The number of aryl methyl sites for hydroxylation is 1. The first-order chi connectivity index (χ1) is 15.5. The fraction of sp³-hybridized carbons (Fsp3) is 0.160. The number of benzene rings is 3. The first-order valence-corrected chi connectivity index (χ1v) is 10.0. The highest BCUT2D eigenvalue weighted by atomic mass is 16.5. The van der Waals surface area contributed by atoms with E-state index in [-0.39, 0.29) is 18.4 Å². The predicted octanol–water partition coefficient (Wildman–Crippen LogP) is 4.09. The zero-order valence-corrected chi connectivity index (χ0v) is 18.2. The number of anilines is 1. The molecule has 0 atom stereocenters. The van der Waals surface area contributed by atoms with Gasteiger partial charge in [-0.1, -0.05) is 30.3 Å². The van der Waals surface area contributed by atoms with Crippen molar-refractivity contribution in [3.63, 3.8) is 0 Å². The van der Waals surface area contributed by atoms with E-state index in [1.54, 1.807) is 42.5 Å². The van der Waals surface area contributed by atoms with E-state index in [1.807, 2.05) is 38.1 Å². The van der Waals surface area contributed by atoms with E-state index < -0.39 is 0 Å². The minimum atomic E-state index is -0.369. The van der Waals surface area contributed by atoms with Crippen LogP contribution in [-0.2, 0) is 4.79 Å². The summed E-state index contributed by atoms with van der Waals surface area (Å²) in [4.78, 5) is 24.6. The summed E-state index contributed by atoms with van der Waals surface area (Å²) in [5, 5.41) is 6.87. The minimum Gasteiger partial charge on any atom is -0.497 e. The number of ether oxygens (including phenoxy) is 2. The van der Waals surface area contributed by atoms with Crippen LogP contribution in [0, 0.1) is 13.8 Å². The molecule has 0 aliphatic heterocycles. The van der Waals surface area contributed by atoms with Gasteiger partial charge >= 0.3 is 0 Å². The molecule has 0 radical (unpaired) electrons. The van der Waals surface area contributed by atoms with Crippen LogP contribution in [0.15, 0.2) is 71.8 Å². The van der Waals surface area contributed by atoms with Crippen LogP contribution in [0.3, 0.4) is 0 Å². The maximum absolute atomic E-state index is 12.3. The highest BCUT2D eigenvalue weighted by molar-refractivity contribution is 5.95. The van der Waals surface area contributed by atoms with E-state index in [4.69, 9.17) is 9.47 Å². The Morgan fingerprint density at radius 2 is 1.78 bits per heavy atom. The van der Waals surface area contributed by atoms with Gasteiger partial charge in [0, 0.05) is 16.8 Å². The Morgan fingerprint density at radius 3 is 2.59 bits per heavy atom. The summed E-state index contributed by atoms with van der Waals surface area (Å²) in [7, 11) is 1.54. The van der Waals surface area contributed by atoms with Gasteiger partial charge in [0.25, 0.3) is 11.8 Å². The molecule has 0 saturated heterocycles. The molecule has 164 valence electrons. The largest absolute Gasteiger partial charge is 0.497 e. The van der Waals surface area contributed by atoms with Crippen molar-refractivity contribution >= 4 is 23.7 Å². The number of hydrogen-bond donors (Lipinski definition) is 2. The van der Waals surface area contributed by atoms with Crippen molar-refractivity contribution in [3.05, 3.63) is 89.0 Å². The molecule has 0 aliphatic carbocycles. The van der Waals surface area contributed by atoms with E-state index in [9.17, 15) is 9.59 Å². The fourth-order valence-corrected chi connectivity index (χ4v) is 2.92. The van der Waals surface area contributed by atoms with Crippen molar-refractivity contribution in [1.82, 2.24) is 5.43 Å². The van der Waals surface area contributed by atoms with Crippen LogP contribution in [0.5, 0.6) is 11.5 Å². The van der Waals surface area contributed by atoms with E-state index in [2.05, 4.69) is 15.8 Å². The Kier molecular flexibility index (Phi) is 7.59. The van der Waals surface area contributed by atoms with E-state index in [1.165, 1.54) is 13.3 Å². The van der Waals surface area contributed by atoms with Crippen LogP contribution < -0.4 is 20.2 Å². The summed E-state index contributed by atoms with van der Waals surface area (Å²) < 4.78 is 10.8. The Bertz CT molecular complexity index is 1140. The molecule has 0 heterocycles. The Morgan fingerprint density at radius 1 is 1.00 bits per heavy atom. The summed E-state index contributed by atoms with van der Waals surface area (Å²) in [6.07, 6.45) is 1.47. The third kappa shape index (κ3) is 5.95. The van der Waals surface area contributed by atoms with Crippen LogP contribution in [0.2, 0.25) is 0 Å². The van der Waals surface area contributed by atoms with Crippen molar-refractivity contribution in [2.45, 2.75) is 13.8 Å². The number of methoxy groups -OCH3 is 1. The van der Waals surface area contributed by atoms with Gasteiger partial charge < -0.3 is 14.8 Å². The van der Waals surface area contributed by atoms with Crippen LogP contribution in [-0.4, -0.2) is 31.7 Å². The molecule has 7 heteroatoms. The van der Waals surface area contributed by atoms with Crippen molar-refractivity contribution in [2.24, 2.45) is 5.10 Å². The number of hydrogen-bond acceptors (Lipinski definition) is 5. The van der Waals surface area contributed by atoms with E-state index in [0.717, 1.165) is 16.8 Å². The SMILES string of the molecule is COc1cccc(C(=O)N/N=C/c2ccccc2OCC(=O)Nc2cccc(C)c2C)c1. The highest BCUT2D eigenvalue weighted by Crippen LogP contribution is 2.19. The van der Waals surface area contributed by atoms with Crippen LogP contribution >= 0.6 is 0 Å². The summed E-state index contributed by atoms with van der Waals surface area (Å²) in [6.45, 7) is 3.79. The van der Waals surface area contributed by atoms with Gasteiger partial charge in [0.1, 0.15) is 11.5 Å². The molecule has 2 amide bonds. The van der Waals surface area contributed by atoms with Crippen molar-refractivity contribution in [2.75, 3.05) is 19.0 Å². The zero-order chi connectivity index (χ0) is 22.9. The third-order valence-corrected chi connectivity index (χ3v) is 4.86. The molecule has 3 aromatic rings. The second-order valence-corrected chi connectivity index (χ2v) is 7.05. The molecule has 0 bridgehead atoms. The zero-order valence-electron chi connectivity index (χ0n) is 18.2. The number of carbonyl (C=O) groups excluding carboxylic acids is 2. The molecule has 0 unspecified atom stereocenters. The van der Waals surface area contributed by atoms with Crippen molar-refractivity contribution in [3.8, 4) is 11.5 Å². The molecule has 3 rings (SSSR count). The van der Waals surface area contributed by atoms with Crippen LogP contribution in [0.1, 0.15) is 27.0 Å². The predicted molar refractivity (Wildman–Crippen MR) is 125 cm³/mol. The lowest BCUT2D eigenvalue weighted by molar-refractivity contribution is -0.118. The average molecular weight is 431 g/mol. The molecule has 0 spiro atoms. The summed E-state index contributed by atoms with van der Waals surface area (Å²) in [6, 6.07) is 19.6. The summed E-state index contributed by atoms with van der Waals surface area (Å²) >= 11 is 0. The van der Waals surface area contributed by atoms with Gasteiger partial charge in [0.05, 0.1) is 13.3 Å². The molecule has 2 N–H and O–H groups in total. The molecule has 7 nitrogen and oxygen atoms in total. The monoisotopic (exact) mass is 431 g/mol. The lowest BCUT2D eigenvalue weighted by Gasteiger charge is -2.12. The van der Waals surface area contributed by atoms with Gasteiger partial charge in [0.2, 0.25) is 0 Å². The molecule has 32 heavy (non-hydrogen) atoms. The molecular formula is C25H25N3O4. The Hall–Kier alpha value is -4.13. The number of nitrogens with one attached hydrogen (secondary N) is 2. The molecular weight excluding hydrogens is 406 g/mol. The fourth-order valence-electron chi connectivity index (χ4n) is 2.92. The number of nitrogens with zero attached hydrogens (tertiary/aromatic N) is 1. The van der Waals surface area contributed by atoms with Crippen molar-refractivity contribution < 1.29 is 19.1 Å². The van der Waals surface area contributed by atoms with Crippen LogP contribution in [0.25, 0.3) is 0 Å². The Labute approximate surface area is 187 Å². The smallest absolute Gasteiger partial charge is 0.271 e. The number of rotatable bonds is 8. The molecule has 0 fully saturated rings. The number of hydrazone groups is 1. The first kappa shape index (κ1) is 22.6. The van der Waals surface area contributed by atoms with Gasteiger partial charge in [-0.05, 0) is 61.4 Å². The van der Waals surface area contributed by atoms with Gasteiger partial charge in [-0.25, -0.2) is 5.43 Å². The second-order valence-electron chi connectivity index (χ2n) is 7.05. The van der Waals surface area contributed by atoms with E-state index in [0.29, 0.717) is 22.6 Å². The second kappa shape index (κ2) is 10.8. The topological polar surface area (TPSA) is 89.0 Å². The first-order valence-electron chi connectivity index (χ1n) is 10.0. The average Bonchev–Trinajstić information content (AvgIpc) is 2.81. The van der Waals surface area contributed by atoms with Gasteiger partial charge in [-0.2, -0.15) is 5.10 Å².